The van der Waals surface area contributed by atoms with Crippen molar-refractivity contribution in [3.63, 3.8) is 0 Å². The normalized spacial score (nSPS) is 12.1. The molecule has 0 saturated carbocycles. The molecule has 0 fully saturated rings. The molecule has 0 spiro atoms. The van der Waals surface area contributed by atoms with Gasteiger partial charge in [-0.3, -0.25) is 0 Å². The smallest absolute Gasteiger partial charge is 0.417 e. The Balaban J connectivity index is 0.000000233. The van der Waals surface area contributed by atoms with E-state index in [0.717, 1.165) is 12.1 Å². The minimum absolute atomic E-state index is 0.0497. The summed E-state index contributed by atoms with van der Waals surface area (Å²) in [4.78, 5) is 2.85. The van der Waals surface area contributed by atoms with Gasteiger partial charge in [0.15, 0.2) is 14.7 Å². The first-order valence-corrected chi connectivity index (χ1v) is 14.0. The molecule has 0 aliphatic rings. The van der Waals surface area contributed by atoms with E-state index >= 15 is 0 Å². The first kappa shape index (κ1) is 28.5. The molecule has 194 valence electrons. The van der Waals surface area contributed by atoms with Gasteiger partial charge in [0.25, 0.3) is 0 Å². The Morgan fingerprint density at radius 3 is 1.41 bits per heavy atom. The van der Waals surface area contributed by atoms with Gasteiger partial charge < -0.3 is 4.55 Å². The van der Waals surface area contributed by atoms with Gasteiger partial charge in [-0.2, -0.15) is 13.2 Å². The summed E-state index contributed by atoms with van der Waals surface area (Å²) in [6.45, 7) is 6.78. The second-order valence-corrected chi connectivity index (χ2v) is 12.5. The molecule has 0 N–H and O–H groups in total. The van der Waals surface area contributed by atoms with Gasteiger partial charge in [0.05, 0.1) is 21.4 Å². The summed E-state index contributed by atoms with van der Waals surface area (Å²) in [6, 6.07) is 34.0. The van der Waals surface area contributed by atoms with Crippen molar-refractivity contribution in [1.82, 2.24) is 0 Å². The Morgan fingerprint density at radius 1 is 0.622 bits per heavy atom. The second-order valence-electron chi connectivity index (χ2n) is 9.15. The van der Waals surface area contributed by atoms with Crippen molar-refractivity contribution in [3.05, 3.63) is 120 Å². The lowest BCUT2D eigenvalue weighted by Crippen LogP contribution is -2.12. The van der Waals surface area contributed by atoms with E-state index in [9.17, 15) is 26.1 Å². The molecule has 0 aliphatic heterocycles. The number of halogens is 3. The first-order chi connectivity index (χ1) is 17.3. The van der Waals surface area contributed by atoms with Crippen LogP contribution in [0.1, 0.15) is 31.9 Å². The summed E-state index contributed by atoms with van der Waals surface area (Å²) in [5.74, 6) is 0. The van der Waals surface area contributed by atoms with Gasteiger partial charge in [0.2, 0.25) is 0 Å². The predicted molar refractivity (Wildman–Crippen MR) is 140 cm³/mol. The average Bonchev–Trinajstić information content (AvgIpc) is 2.85. The van der Waals surface area contributed by atoms with Crippen LogP contribution >= 0.6 is 0 Å². The Kier molecular flexibility index (Phi) is 8.89. The third-order valence-corrected chi connectivity index (χ3v) is 8.50. The molecule has 4 aromatic carbocycles. The van der Waals surface area contributed by atoms with E-state index in [-0.39, 0.29) is 16.3 Å². The molecule has 0 amide bonds. The van der Waals surface area contributed by atoms with Crippen molar-refractivity contribution in [2.24, 2.45) is 0 Å². The van der Waals surface area contributed by atoms with Crippen LogP contribution in [0.25, 0.3) is 0 Å². The van der Waals surface area contributed by atoms with Gasteiger partial charge in [-0.25, -0.2) is 8.42 Å². The minimum Gasteiger partial charge on any atom is -0.744 e. The van der Waals surface area contributed by atoms with Crippen molar-refractivity contribution in [2.45, 2.75) is 51.9 Å². The van der Waals surface area contributed by atoms with E-state index < -0.39 is 26.8 Å². The zero-order chi connectivity index (χ0) is 27.3. The van der Waals surface area contributed by atoms with E-state index in [0.29, 0.717) is 12.1 Å². The molecule has 4 rings (SSSR count). The van der Waals surface area contributed by atoms with E-state index in [2.05, 4.69) is 106 Å². The number of rotatable bonds is 4. The van der Waals surface area contributed by atoms with Crippen LogP contribution in [0.2, 0.25) is 0 Å². The highest BCUT2D eigenvalue weighted by Crippen LogP contribution is 2.34. The molecule has 0 aliphatic carbocycles. The van der Waals surface area contributed by atoms with Gasteiger partial charge in [-0.05, 0) is 59.5 Å². The molecule has 4 aromatic rings. The third-order valence-electron chi connectivity index (χ3n) is 5.38. The SMILES string of the molecule is CC(C)(C)c1ccc([S+](c2ccccc2)c2ccccc2)cc1.O=S(=O)([O-])c1ccccc1C(F)(F)F. The summed E-state index contributed by atoms with van der Waals surface area (Å²) in [7, 11) is -5.14. The molecule has 0 aromatic heterocycles. The summed E-state index contributed by atoms with van der Waals surface area (Å²) in [5.41, 5.74) is 0.136. The summed E-state index contributed by atoms with van der Waals surface area (Å²) in [6.07, 6.45) is -4.84. The highest BCUT2D eigenvalue weighted by molar-refractivity contribution is 7.97. The molecule has 37 heavy (non-hydrogen) atoms. The van der Waals surface area contributed by atoms with E-state index in [1.807, 2.05) is 0 Å². The van der Waals surface area contributed by atoms with Crippen molar-refractivity contribution in [2.75, 3.05) is 0 Å². The Labute approximate surface area is 219 Å². The Morgan fingerprint density at radius 2 is 1.03 bits per heavy atom. The molecule has 8 heteroatoms. The van der Waals surface area contributed by atoms with Crippen LogP contribution in [0, 0.1) is 0 Å². The van der Waals surface area contributed by atoms with Crippen LogP contribution in [-0.4, -0.2) is 13.0 Å². The predicted octanol–water partition coefficient (Wildman–Crippen LogP) is 7.69. The molecule has 0 saturated heterocycles. The van der Waals surface area contributed by atoms with Crippen molar-refractivity contribution < 1.29 is 26.1 Å². The monoisotopic (exact) mass is 544 g/mol. The zero-order valence-electron chi connectivity index (χ0n) is 20.6. The molecular weight excluding hydrogens is 517 g/mol. The standard InChI is InChI=1S/C22H23S.C7H5F3O3S/c1-22(2,3)18-14-16-21(17-15-18)23(19-10-6-4-7-11-19)20-12-8-5-9-13-20;8-7(9,10)5-3-1-2-4-6(5)14(11,12)13/h4-17H,1-3H3;1-4H,(H,11,12,13)/q+1;/p-1. The van der Waals surface area contributed by atoms with Crippen LogP contribution < -0.4 is 0 Å². The van der Waals surface area contributed by atoms with E-state index in [1.165, 1.54) is 20.2 Å². The maximum atomic E-state index is 12.2. The fraction of sp³-hybridized carbons (Fsp3) is 0.172. The van der Waals surface area contributed by atoms with Crippen LogP contribution in [0.5, 0.6) is 0 Å². The van der Waals surface area contributed by atoms with Gasteiger partial charge in [0, 0.05) is 0 Å². The molecule has 0 unspecified atom stereocenters. The summed E-state index contributed by atoms with van der Waals surface area (Å²) >= 11 is 0. The van der Waals surface area contributed by atoms with Crippen molar-refractivity contribution >= 4 is 21.0 Å². The molecule has 3 nitrogen and oxygen atoms in total. The van der Waals surface area contributed by atoms with Gasteiger partial charge in [-0.15, -0.1) is 0 Å². The summed E-state index contributed by atoms with van der Waals surface area (Å²) < 4.78 is 67.9. The Hall–Kier alpha value is -3.07. The number of alkyl halides is 3. The van der Waals surface area contributed by atoms with Crippen LogP contribution in [0.15, 0.2) is 129 Å². The lowest BCUT2D eigenvalue weighted by atomic mass is 9.87. The van der Waals surface area contributed by atoms with Crippen LogP contribution in [-0.2, 0) is 32.6 Å². The third kappa shape index (κ3) is 7.71. The number of benzene rings is 4. The number of hydrogen-bond acceptors (Lipinski definition) is 3. The first-order valence-electron chi connectivity index (χ1n) is 11.4. The van der Waals surface area contributed by atoms with Gasteiger partial charge in [0.1, 0.15) is 10.1 Å². The second kappa shape index (κ2) is 11.5. The van der Waals surface area contributed by atoms with Crippen molar-refractivity contribution in [1.29, 1.82) is 0 Å². The highest BCUT2D eigenvalue weighted by atomic mass is 32.2. The fourth-order valence-electron chi connectivity index (χ4n) is 3.53. The topological polar surface area (TPSA) is 57.2 Å². The molecule has 0 heterocycles. The maximum Gasteiger partial charge on any atom is 0.417 e. The molecule has 0 atom stereocenters. The molecule has 0 radical (unpaired) electrons. The average molecular weight is 545 g/mol. The molecular formula is C29H27F3O3S2. The minimum atomic E-state index is -5.09. The quantitative estimate of drug-likeness (QED) is 0.196. The summed E-state index contributed by atoms with van der Waals surface area (Å²) in [5, 5.41) is 0. The largest absolute Gasteiger partial charge is 0.744 e. The lowest BCUT2D eigenvalue weighted by molar-refractivity contribution is -0.140. The molecule has 0 bridgehead atoms. The van der Waals surface area contributed by atoms with Crippen LogP contribution in [0.3, 0.4) is 0 Å². The Bertz CT molecular complexity index is 1360. The van der Waals surface area contributed by atoms with E-state index in [1.54, 1.807) is 0 Å². The van der Waals surface area contributed by atoms with Crippen molar-refractivity contribution in [3.8, 4) is 0 Å². The maximum absolute atomic E-state index is 12.2. The fourth-order valence-corrected chi connectivity index (χ4v) is 6.31. The lowest BCUT2D eigenvalue weighted by Gasteiger charge is -2.19. The van der Waals surface area contributed by atoms with Crippen LogP contribution in [0.4, 0.5) is 13.2 Å². The zero-order valence-corrected chi connectivity index (χ0v) is 22.2. The van der Waals surface area contributed by atoms with Gasteiger partial charge in [-0.1, -0.05) is 81.4 Å². The van der Waals surface area contributed by atoms with E-state index in [4.69, 9.17) is 0 Å². The number of hydrogen-bond donors (Lipinski definition) is 0. The highest BCUT2D eigenvalue weighted by Gasteiger charge is 2.34. The van der Waals surface area contributed by atoms with Gasteiger partial charge >= 0.3 is 6.18 Å².